The molecule has 1 fully saturated rings. The van der Waals surface area contributed by atoms with E-state index in [-0.39, 0.29) is 0 Å². The molecular formula is C20H26N2. The lowest BCUT2D eigenvalue weighted by Crippen LogP contribution is -2.38. The third-order valence-electron chi connectivity index (χ3n) is 4.43. The molecule has 2 nitrogen and oxygen atoms in total. The Morgan fingerprint density at radius 3 is 2.23 bits per heavy atom. The molecule has 3 rings (SSSR count). The second-order valence-corrected chi connectivity index (χ2v) is 6.56. The Kier molecular flexibility index (Phi) is 4.79. The number of aryl methyl sites for hydroxylation is 2. The van der Waals surface area contributed by atoms with Gasteiger partial charge in [-0.25, -0.2) is 0 Å². The minimum Gasteiger partial charge on any atom is -0.382 e. The zero-order valence-electron chi connectivity index (χ0n) is 13.7. The molecule has 0 aromatic heterocycles. The molecule has 0 atom stereocenters. The Morgan fingerprint density at radius 2 is 1.59 bits per heavy atom. The van der Waals surface area contributed by atoms with Gasteiger partial charge in [-0.3, -0.25) is 4.90 Å². The van der Waals surface area contributed by atoms with Crippen LogP contribution >= 0.6 is 0 Å². The maximum Gasteiger partial charge on any atom is 0.0347 e. The molecule has 116 valence electrons. The molecule has 1 saturated heterocycles. The minimum atomic E-state index is 0.605. The number of rotatable bonds is 4. The van der Waals surface area contributed by atoms with Crippen molar-refractivity contribution in [2.75, 3.05) is 18.4 Å². The highest BCUT2D eigenvalue weighted by Crippen LogP contribution is 2.20. The van der Waals surface area contributed by atoms with Crippen molar-refractivity contribution < 1.29 is 0 Å². The molecule has 1 heterocycles. The maximum absolute atomic E-state index is 3.72. The standard InChI is InChI=1S/C20H26N2/c1-16-12-17(2)14-20(13-16)21-19-8-10-22(11-9-19)15-18-6-4-3-5-7-18/h3-7,12-14,19,21H,8-11,15H2,1-2H3. The fourth-order valence-corrected chi connectivity index (χ4v) is 3.37. The summed E-state index contributed by atoms with van der Waals surface area (Å²) in [5.41, 5.74) is 5.37. The van der Waals surface area contributed by atoms with Gasteiger partial charge < -0.3 is 5.32 Å². The molecule has 1 aliphatic heterocycles. The highest BCUT2D eigenvalue weighted by molar-refractivity contribution is 5.49. The molecule has 2 heteroatoms. The van der Waals surface area contributed by atoms with Crippen LogP contribution in [0.15, 0.2) is 48.5 Å². The summed E-state index contributed by atoms with van der Waals surface area (Å²) in [6.45, 7) is 7.77. The van der Waals surface area contributed by atoms with Gasteiger partial charge in [0.15, 0.2) is 0 Å². The zero-order chi connectivity index (χ0) is 15.4. The molecule has 1 aliphatic rings. The molecule has 0 aliphatic carbocycles. The van der Waals surface area contributed by atoms with E-state index < -0.39 is 0 Å². The quantitative estimate of drug-likeness (QED) is 0.900. The van der Waals surface area contributed by atoms with Gasteiger partial charge in [-0.1, -0.05) is 36.4 Å². The van der Waals surface area contributed by atoms with Crippen molar-refractivity contribution >= 4 is 5.69 Å². The topological polar surface area (TPSA) is 15.3 Å². The third kappa shape index (κ3) is 4.11. The fraction of sp³-hybridized carbons (Fsp3) is 0.400. The van der Waals surface area contributed by atoms with Crippen molar-refractivity contribution in [2.45, 2.75) is 39.3 Å². The first kappa shape index (κ1) is 15.1. The van der Waals surface area contributed by atoms with Crippen LogP contribution in [0.1, 0.15) is 29.5 Å². The van der Waals surface area contributed by atoms with Crippen LogP contribution in [0.25, 0.3) is 0 Å². The Balaban J connectivity index is 1.51. The summed E-state index contributed by atoms with van der Waals surface area (Å²) in [6, 6.07) is 18.1. The van der Waals surface area contributed by atoms with Crippen LogP contribution in [0.2, 0.25) is 0 Å². The van der Waals surface area contributed by atoms with E-state index in [0.29, 0.717) is 6.04 Å². The van der Waals surface area contributed by atoms with Gasteiger partial charge in [-0.2, -0.15) is 0 Å². The maximum atomic E-state index is 3.72. The molecule has 0 saturated carbocycles. The van der Waals surface area contributed by atoms with Gasteiger partial charge in [0.2, 0.25) is 0 Å². The van der Waals surface area contributed by atoms with E-state index in [2.05, 4.69) is 72.6 Å². The molecule has 22 heavy (non-hydrogen) atoms. The summed E-state index contributed by atoms with van der Waals surface area (Å²) >= 11 is 0. The number of hydrogen-bond acceptors (Lipinski definition) is 2. The van der Waals surface area contributed by atoms with E-state index in [1.54, 1.807) is 0 Å². The van der Waals surface area contributed by atoms with Crippen LogP contribution in [0, 0.1) is 13.8 Å². The lowest BCUT2D eigenvalue weighted by Gasteiger charge is -2.33. The van der Waals surface area contributed by atoms with Crippen molar-refractivity contribution in [3.05, 3.63) is 65.2 Å². The Bertz CT molecular complexity index is 578. The van der Waals surface area contributed by atoms with E-state index in [1.165, 1.54) is 48.3 Å². The number of hydrogen-bond donors (Lipinski definition) is 1. The molecular weight excluding hydrogens is 268 g/mol. The average Bonchev–Trinajstić information content (AvgIpc) is 2.49. The number of anilines is 1. The molecule has 0 unspecified atom stereocenters. The number of nitrogens with zero attached hydrogens (tertiary/aromatic N) is 1. The number of benzene rings is 2. The Labute approximate surface area is 134 Å². The minimum absolute atomic E-state index is 0.605. The van der Waals surface area contributed by atoms with Crippen LogP contribution in [0.4, 0.5) is 5.69 Å². The SMILES string of the molecule is Cc1cc(C)cc(NC2CCN(Cc3ccccc3)CC2)c1. The van der Waals surface area contributed by atoms with Gasteiger partial charge in [0, 0.05) is 31.4 Å². The fourth-order valence-electron chi connectivity index (χ4n) is 3.37. The highest BCUT2D eigenvalue weighted by Gasteiger charge is 2.19. The molecule has 0 radical (unpaired) electrons. The normalized spacial score (nSPS) is 16.6. The summed E-state index contributed by atoms with van der Waals surface area (Å²) in [5.74, 6) is 0. The van der Waals surface area contributed by atoms with Crippen LogP contribution in [-0.4, -0.2) is 24.0 Å². The largest absolute Gasteiger partial charge is 0.382 e. The van der Waals surface area contributed by atoms with Crippen molar-refractivity contribution in [1.82, 2.24) is 4.90 Å². The Hall–Kier alpha value is -1.80. The van der Waals surface area contributed by atoms with Crippen LogP contribution in [0.3, 0.4) is 0 Å². The summed E-state index contributed by atoms with van der Waals surface area (Å²) < 4.78 is 0. The third-order valence-corrected chi connectivity index (χ3v) is 4.43. The van der Waals surface area contributed by atoms with Crippen LogP contribution in [-0.2, 0) is 6.54 Å². The first-order chi connectivity index (χ1) is 10.7. The van der Waals surface area contributed by atoms with Crippen molar-refractivity contribution in [3.63, 3.8) is 0 Å². The van der Waals surface area contributed by atoms with Crippen LogP contribution < -0.4 is 5.32 Å². The first-order valence-corrected chi connectivity index (χ1v) is 8.30. The number of likely N-dealkylation sites (tertiary alicyclic amines) is 1. The van der Waals surface area contributed by atoms with Gasteiger partial charge in [0.1, 0.15) is 0 Å². The van der Waals surface area contributed by atoms with Gasteiger partial charge in [-0.05, 0) is 55.5 Å². The second-order valence-electron chi connectivity index (χ2n) is 6.56. The van der Waals surface area contributed by atoms with Gasteiger partial charge in [0.05, 0.1) is 0 Å². The Morgan fingerprint density at radius 1 is 0.955 bits per heavy atom. The molecule has 2 aromatic carbocycles. The summed E-state index contributed by atoms with van der Waals surface area (Å²) in [5, 5.41) is 3.72. The first-order valence-electron chi connectivity index (χ1n) is 8.30. The molecule has 2 aromatic rings. The van der Waals surface area contributed by atoms with Crippen molar-refractivity contribution in [3.8, 4) is 0 Å². The number of piperidine rings is 1. The van der Waals surface area contributed by atoms with E-state index in [4.69, 9.17) is 0 Å². The predicted molar refractivity (Wildman–Crippen MR) is 94.3 cm³/mol. The second kappa shape index (κ2) is 6.97. The highest BCUT2D eigenvalue weighted by atomic mass is 15.1. The number of nitrogens with one attached hydrogen (secondary N) is 1. The molecule has 0 bridgehead atoms. The van der Waals surface area contributed by atoms with Crippen LogP contribution in [0.5, 0.6) is 0 Å². The monoisotopic (exact) mass is 294 g/mol. The van der Waals surface area contributed by atoms with E-state index >= 15 is 0 Å². The molecule has 0 amide bonds. The smallest absolute Gasteiger partial charge is 0.0347 e. The summed E-state index contributed by atoms with van der Waals surface area (Å²) in [6.07, 6.45) is 2.44. The van der Waals surface area contributed by atoms with E-state index in [0.717, 1.165) is 6.54 Å². The summed E-state index contributed by atoms with van der Waals surface area (Å²) in [4.78, 5) is 2.56. The summed E-state index contributed by atoms with van der Waals surface area (Å²) in [7, 11) is 0. The average molecular weight is 294 g/mol. The van der Waals surface area contributed by atoms with Crippen molar-refractivity contribution in [1.29, 1.82) is 0 Å². The van der Waals surface area contributed by atoms with Gasteiger partial charge in [0.25, 0.3) is 0 Å². The zero-order valence-corrected chi connectivity index (χ0v) is 13.7. The van der Waals surface area contributed by atoms with Gasteiger partial charge >= 0.3 is 0 Å². The van der Waals surface area contributed by atoms with E-state index in [1.807, 2.05) is 0 Å². The van der Waals surface area contributed by atoms with Gasteiger partial charge in [-0.15, -0.1) is 0 Å². The lowest BCUT2D eigenvalue weighted by molar-refractivity contribution is 0.211. The lowest BCUT2D eigenvalue weighted by atomic mass is 10.0. The molecule has 1 N–H and O–H groups in total. The van der Waals surface area contributed by atoms with E-state index in [9.17, 15) is 0 Å². The predicted octanol–water partition coefficient (Wildman–Crippen LogP) is 4.38. The molecule has 0 spiro atoms. The van der Waals surface area contributed by atoms with Crippen molar-refractivity contribution in [2.24, 2.45) is 0 Å².